The minimum atomic E-state index is -1.16. The van der Waals surface area contributed by atoms with E-state index in [4.69, 9.17) is 28.5 Å². The van der Waals surface area contributed by atoms with E-state index in [1.165, 1.54) is 4.90 Å². The predicted octanol–water partition coefficient (Wildman–Crippen LogP) is 3.28. The molecule has 2 amide bonds. The average molecular weight is 375 g/mol. The fourth-order valence-electron chi connectivity index (χ4n) is 3.74. The lowest BCUT2D eigenvalue weighted by Crippen LogP contribution is -2.59. The van der Waals surface area contributed by atoms with Gasteiger partial charge in [-0.2, -0.15) is 0 Å². The monoisotopic (exact) mass is 374 g/mol. The molecule has 0 heterocycles. The van der Waals surface area contributed by atoms with Gasteiger partial charge in [-0.25, -0.2) is 0 Å². The van der Waals surface area contributed by atoms with Crippen LogP contribution in [0, 0.1) is 17.8 Å². The van der Waals surface area contributed by atoms with Crippen LogP contribution in [0.15, 0.2) is 18.2 Å². The van der Waals surface area contributed by atoms with E-state index >= 15 is 0 Å². The third-order valence-corrected chi connectivity index (χ3v) is 5.49. The molecule has 2 N–H and O–H groups in total. The van der Waals surface area contributed by atoms with E-state index in [1.807, 2.05) is 0 Å². The zero-order valence-corrected chi connectivity index (χ0v) is 15.8. The Bertz CT molecular complexity index is 795. The number of benzene rings is 1. The van der Waals surface area contributed by atoms with Gasteiger partial charge >= 0.3 is 5.91 Å². The van der Waals surface area contributed by atoms with Crippen LogP contribution in [0.3, 0.4) is 0 Å². The van der Waals surface area contributed by atoms with Crippen molar-refractivity contribution in [2.24, 2.45) is 11.1 Å². The normalized spacial score (nSPS) is 23.9. The highest BCUT2D eigenvalue weighted by atomic mass is 35.5. The van der Waals surface area contributed by atoms with Crippen molar-refractivity contribution in [1.29, 1.82) is 0 Å². The van der Waals surface area contributed by atoms with E-state index in [9.17, 15) is 9.59 Å². The summed E-state index contributed by atoms with van der Waals surface area (Å²) in [6.45, 7) is 4.10. The number of rotatable bonds is 5. The fourth-order valence-corrected chi connectivity index (χ4v) is 3.96. The molecule has 1 atom stereocenters. The summed E-state index contributed by atoms with van der Waals surface area (Å²) in [4.78, 5) is 26.4. The Balaban J connectivity index is 2.03. The summed E-state index contributed by atoms with van der Waals surface area (Å²) >= 11 is 6.35. The third kappa shape index (κ3) is 3.39. The van der Waals surface area contributed by atoms with Gasteiger partial charge in [-0.15, -0.1) is 6.42 Å². The highest BCUT2D eigenvalue weighted by Crippen LogP contribution is 2.48. The third-order valence-electron chi connectivity index (χ3n) is 5.19. The molecule has 0 saturated heterocycles. The lowest BCUT2D eigenvalue weighted by atomic mass is 9.85. The molecule has 1 unspecified atom stereocenters. The first-order valence-electron chi connectivity index (χ1n) is 8.75. The summed E-state index contributed by atoms with van der Waals surface area (Å²) in [5.74, 6) is 1.53. The number of halogens is 1. The number of hydrogen-bond acceptors (Lipinski definition) is 3. The van der Waals surface area contributed by atoms with Gasteiger partial charge in [-0.3, -0.25) is 14.5 Å². The molecular formula is C20H23ClN2O3. The number of amides is 2. The van der Waals surface area contributed by atoms with E-state index in [2.05, 4.69) is 19.8 Å². The maximum absolute atomic E-state index is 12.6. The molecule has 5 nitrogen and oxygen atoms in total. The molecule has 0 bridgehead atoms. The van der Waals surface area contributed by atoms with Crippen molar-refractivity contribution >= 4 is 29.1 Å². The Morgan fingerprint density at radius 1 is 1.35 bits per heavy atom. The summed E-state index contributed by atoms with van der Waals surface area (Å²) in [6.07, 6.45) is 9.29. The minimum Gasteiger partial charge on any atom is -0.489 e. The van der Waals surface area contributed by atoms with Gasteiger partial charge in [0, 0.05) is 5.69 Å². The molecule has 0 aromatic heterocycles. The quantitative estimate of drug-likeness (QED) is 0.804. The highest BCUT2D eigenvalue weighted by molar-refractivity contribution is 6.32. The highest BCUT2D eigenvalue weighted by Gasteiger charge is 2.53. The molecule has 2 fully saturated rings. The Hall–Kier alpha value is -2.19. The molecule has 0 radical (unpaired) electrons. The SMILES string of the molecule is C#CC(=O)N(c1ccc(OC2CC2)c(Cl)c1)C1(C(N)=O)CCC(C)(C)C1. The number of ether oxygens (including phenoxy) is 1. The zero-order valence-electron chi connectivity index (χ0n) is 15.0. The van der Waals surface area contributed by atoms with Crippen LogP contribution in [0.25, 0.3) is 0 Å². The van der Waals surface area contributed by atoms with Crippen LogP contribution in [-0.4, -0.2) is 23.5 Å². The molecule has 3 rings (SSSR count). The van der Waals surface area contributed by atoms with Crippen LogP contribution in [0.5, 0.6) is 5.75 Å². The number of hydrogen-bond donors (Lipinski definition) is 1. The Labute approximate surface area is 158 Å². The Morgan fingerprint density at radius 2 is 2.04 bits per heavy atom. The smallest absolute Gasteiger partial charge is 0.303 e. The molecule has 0 spiro atoms. The molecule has 1 aromatic carbocycles. The predicted molar refractivity (Wildman–Crippen MR) is 101 cm³/mol. The number of carbonyl (C=O) groups excluding carboxylic acids is 2. The summed E-state index contributed by atoms with van der Waals surface area (Å²) in [5.41, 5.74) is 4.94. The molecule has 26 heavy (non-hydrogen) atoms. The topological polar surface area (TPSA) is 72.6 Å². The molecule has 0 aliphatic heterocycles. The van der Waals surface area contributed by atoms with Gasteiger partial charge < -0.3 is 10.5 Å². The van der Waals surface area contributed by atoms with Gasteiger partial charge in [0.2, 0.25) is 5.91 Å². The van der Waals surface area contributed by atoms with Crippen molar-refractivity contribution in [3.05, 3.63) is 23.2 Å². The van der Waals surface area contributed by atoms with Crippen LogP contribution < -0.4 is 15.4 Å². The van der Waals surface area contributed by atoms with E-state index in [0.717, 1.165) is 19.3 Å². The number of carbonyl (C=O) groups is 2. The number of primary amides is 1. The zero-order chi connectivity index (χ0) is 19.1. The lowest BCUT2D eigenvalue weighted by Gasteiger charge is -2.38. The fraction of sp³-hybridized carbons (Fsp3) is 0.500. The standard InChI is InChI=1S/C20H23ClN2O3/c1-4-17(24)23(20(18(22)25)10-9-19(2,3)12-20)13-5-8-16(15(21)11-13)26-14-6-7-14/h1,5,8,11,14H,6-7,9-10,12H2,2-3H3,(H2,22,25). The van der Waals surface area contributed by atoms with Crippen molar-refractivity contribution in [3.63, 3.8) is 0 Å². The maximum Gasteiger partial charge on any atom is 0.303 e. The largest absolute Gasteiger partial charge is 0.489 e. The van der Waals surface area contributed by atoms with E-state index in [1.54, 1.807) is 18.2 Å². The summed E-state index contributed by atoms with van der Waals surface area (Å²) < 4.78 is 5.74. The molecule has 138 valence electrons. The van der Waals surface area contributed by atoms with E-state index in [-0.39, 0.29) is 11.5 Å². The summed E-state index contributed by atoms with van der Waals surface area (Å²) in [5, 5.41) is 0.376. The molecule has 1 aromatic rings. The van der Waals surface area contributed by atoms with Gasteiger partial charge in [0.05, 0.1) is 11.1 Å². The first kappa shape index (κ1) is 18.6. The van der Waals surface area contributed by atoms with Gasteiger partial charge in [-0.05, 0) is 61.6 Å². The Kier molecular flexibility index (Phi) is 4.66. The molecular weight excluding hydrogens is 352 g/mol. The molecule has 6 heteroatoms. The molecule has 2 aliphatic carbocycles. The summed E-state index contributed by atoms with van der Waals surface area (Å²) in [6, 6.07) is 5.03. The average Bonchev–Trinajstić information content (AvgIpc) is 3.32. The van der Waals surface area contributed by atoms with Crippen molar-refractivity contribution in [1.82, 2.24) is 0 Å². The number of nitrogens with two attached hydrogens (primary N) is 1. The minimum absolute atomic E-state index is 0.124. The van der Waals surface area contributed by atoms with E-state index in [0.29, 0.717) is 29.3 Å². The van der Waals surface area contributed by atoms with Gasteiger partial charge in [-0.1, -0.05) is 25.4 Å². The van der Waals surface area contributed by atoms with Gasteiger partial charge in [0.25, 0.3) is 0 Å². The molecule has 2 aliphatic rings. The van der Waals surface area contributed by atoms with Crippen molar-refractivity contribution in [2.75, 3.05) is 4.90 Å². The second kappa shape index (κ2) is 6.51. The van der Waals surface area contributed by atoms with Gasteiger partial charge in [0.1, 0.15) is 11.3 Å². The first-order chi connectivity index (χ1) is 12.2. The van der Waals surface area contributed by atoms with Crippen LogP contribution in [0.4, 0.5) is 5.69 Å². The maximum atomic E-state index is 12.6. The van der Waals surface area contributed by atoms with Crippen LogP contribution in [-0.2, 0) is 9.59 Å². The van der Waals surface area contributed by atoms with E-state index < -0.39 is 17.4 Å². The van der Waals surface area contributed by atoms with Crippen LogP contribution in [0.1, 0.15) is 46.0 Å². The van der Waals surface area contributed by atoms with Gasteiger partial charge in [0.15, 0.2) is 0 Å². The van der Waals surface area contributed by atoms with Crippen LogP contribution >= 0.6 is 11.6 Å². The van der Waals surface area contributed by atoms with Crippen molar-refractivity contribution in [3.8, 4) is 18.1 Å². The van der Waals surface area contributed by atoms with Crippen molar-refractivity contribution < 1.29 is 14.3 Å². The Morgan fingerprint density at radius 3 is 2.50 bits per heavy atom. The summed E-state index contributed by atoms with van der Waals surface area (Å²) in [7, 11) is 0. The first-order valence-corrected chi connectivity index (χ1v) is 9.13. The lowest BCUT2D eigenvalue weighted by molar-refractivity contribution is -0.126. The van der Waals surface area contributed by atoms with Crippen molar-refractivity contribution in [2.45, 2.75) is 57.6 Å². The van der Waals surface area contributed by atoms with Crippen LogP contribution in [0.2, 0.25) is 5.02 Å². The molecule has 2 saturated carbocycles. The second-order valence-corrected chi connectivity index (χ2v) is 8.36. The second-order valence-electron chi connectivity index (χ2n) is 7.95. The number of anilines is 1. The number of terminal acetylenes is 1. The number of nitrogens with zero attached hydrogens (tertiary/aromatic N) is 1.